The fourth-order valence-corrected chi connectivity index (χ4v) is 1.97. The smallest absolute Gasteiger partial charge is 0.0477 e. The third-order valence-electron chi connectivity index (χ3n) is 3.43. The van der Waals surface area contributed by atoms with Gasteiger partial charge < -0.3 is 10.8 Å². The lowest BCUT2D eigenvalue weighted by Gasteiger charge is -2.23. The Kier molecular flexibility index (Phi) is 4.72. The van der Waals surface area contributed by atoms with Gasteiger partial charge in [0.15, 0.2) is 0 Å². The molecule has 0 aliphatic heterocycles. The molecular weight excluding hydrogens is 210 g/mol. The van der Waals surface area contributed by atoms with E-state index in [1.54, 1.807) is 0 Å². The van der Waals surface area contributed by atoms with Gasteiger partial charge in [0.05, 0.1) is 0 Å². The summed E-state index contributed by atoms with van der Waals surface area (Å²) in [6.07, 6.45) is 0.901. The molecular formula is C15H25NO. The number of aliphatic hydroxyl groups excluding tert-OH is 1. The third-order valence-corrected chi connectivity index (χ3v) is 3.43. The summed E-state index contributed by atoms with van der Waals surface area (Å²) in [4.78, 5) is 0. The summed E-state index contributed by atoms with van der Waals surface area (Å²) in [5.74, 6) is 0.149. The van der Waals surface area contributed by atoms with Gasteiger partial charge in [0, 0.05) is 18.6 Å². The molecule has 0 radical (unpaired) electrons. The van der Waals surface area contributed by atoms with Crippen molar-refractivity contribution >= 4 is 0 Å². The van der Waals surface area contributed by atoms with Crippen LogP contribution in [-0.2, 0) is 5.41 Å². The van der Waals surface area contributed by atoms with E-state index in [9.17, 15) is 5.11 Å². The van der Waals surface area contributed by atoms with Crippen molar-refractivity contribution in [1.29, 1.82) is 0 Å². The Morgan fingerprint density at radius 3 is 2.06 bits per heavy atom. The Morgan fingerprint density at radius 1 is 1.18 bits per heavy atom. The second-order valence-electron chi connectivity index (χ2n) is 5.75. The van der Waals surface area contributed by atoms with Crippen LogP contribution in [0.15, 0.2) is 24.3 Å². The van der Waals surface area contributed by atoms with Gasteiger partial charge in [0.1, 0.15) is 0 Å². The maximum Gasteiger partial charge on any atom is 0.0477 e. The van der Waals surface area contributed by atoms with Crippen molar-refractivity contribution in [3.05, 3.63) is 35.4 Å². The predicted molar refractivity (Wildman–Crippen MR) is 72.9 cm³/mol. The van der Waals surface area contributed by atoms with Gasteiger partial charge in [-0.1, -0.05) is 52.0 Å². The van der Waals surface area contributed by atoms with Gasteiger partial charge in [-0.05, 0) is 23.0 Å². The number of nitrogens with two attached hydrogens (primary N) is 1. The molecule has 0 spiro atoms. The number of hydrogen-bond donors (Lipinski definition) is 2. The van der Waals surface area contributed by atoms with Crippen LogP contribution in [0.5, 0.6) is 0 Å². The highest BCUT2D eigenvalue weighted by molar-refractivity contribution is 5.29. The summed E-state index contributed by atoms with van der Waals surface area (Å²) in [7, 11) is 0. The predicted octanol–water partition coefficient (Wildman–Crippen LogP) is 3.00. The van der Waals surface area contributed by atoms with E-state index < -0.39 is 0 Å². The molecule has 0 saturated carbocycles. The van der Waals surface area contributed by atoms with Crippen molar-refractivity contribution in [2.45, 2.75) is 45.6 Å². The van der Waals surface area contributed by atoms with E-state index in [0.717, 1.165) is 12.0 Å². The average molecular weight is 235 g/mol. The molecule has 0 heterocycles. The van der Waals surface area contributed by atoms with Gasteiger partial charge in [-0.25, -0.2) is 0 Å². The lowest BCUT2D eigenvalue weighted by molar-refractivity contribution is 0.200. The monoisotopic (exact) mass is 235 g/mol. The lowest BCUT2D eigenvalue weighted by Crippen LogP contribution is -2.24. The fourth-order valence-electron chi connectivity index (χ4n) is 1.97. The first-order chi connectivity index (χ1) is 7.90. The Bertz CT molecular complexity index is 333. The number of hydrogen-bond acceptors (Lipinski definition) is 2. The van der Waals surface area contributed by atoms with Gasteiger partial charge in [-0.3, -0.25) is 0 Å². The summed E-state index contributed by atoms with van der Waals surface area (Å²) in [5, 5.41) is 9.26. The van der Waals surface area contributed by atoms with Crippen LogP contribution in [0.4, 0.5) is 0 Å². The highest BCUT2D eigenvalue weighted by atomic mass is 16.3. The molecule has 0 aliphatic carbocycles. The first-order valence-corrected chi connectivity index (χ1v) is 6.37. The molecule has 1 rings (SSSR count). The zero-order valence-corrected chi connectivity index (χ0v) is 11.4. The Morgan fingerprint density at radius 2 is 1.71 bits per heavy atom. The molecule has 96 valence electrons. The molecule has 0 amide bonds. The SMILES string of the molecule is CCC(CO)C(N)c1ccc(C(C)(C)C)cc1. The molecule has 17 heavy (non-hydrogen) atoms. The van der Waals surface area contributed by atoms with Crippen molar-refractivity contribution in [3.8, 4) is 0 Å². The van der Waals surface area contributed by atoms with Crippen LogP contribution in [0, 0.1) is 5.92 Å². The highest BCUT2D eigenvalue weighted by Crippen LogP contribution is 2.26. The molecule has 0 saturated heterocycles. The van der Waals surface area contributed by atoms with Gasteiger partial charge >= 0.3 is 0 Å². The molecule has 0 bridgehead atoms. The third kappa shape index (κ3) is 3.55. The first kappa shape index (κ1) is 14.2. The normalized spacial score (nSPS) is 15.6. The lowest BCUT2D eigenvalue weighted by atomic mass is 9.85. The van der Waals surface area contributed by atoms with Crippen molar-refractivity contribution in [3.63, 3.8) is 0 Å². The molecule has 2 heteroatoms. The first-order valence-electron chi connectivity index (χ1n) is 6.37. The molecule has 1 aromatic carbocycles. The van der Waals surface area contributed by atoms with Crippen molar-refractivity contribution < 1.29 is 5.11 Å². The van der Waals surface area contributed by atoms with Gasteiger partial charge in [0.2, 0.25) is 0 Å². The summed E-state index contributed by atoms with van der Waals surface area (Å²) in [5.41, 5.74) is 8.75. The Balaban J connectivity index is 2.87. The minimum absolute atomic E-state index is 0.0704. The second-order valence-corrected chi connectivity index (χ2v) is 5.75. The number of rotatable bonds is 4. The maximum absolute atomic E-state index is 9.26. The zero-order valence-electron chi connectivity index (χ0n) is 11.4. The summed E-state index contributed by atoms with van der Waals surface area (Å²) < 4.78 is 0. The van der Waals surface area contributed by atoms with E-state index in [2.05, 4.69) is 52.0 Å². The van der Waals surface area contributed by atoms with Crippen LogP contribution in [0.3, 0.4) is 0 Å². The molecule has 2 nitrogen and oxygen atoms in total. The van der Waals surface area contributed by atoms with E-state index in [4.69, 9.17) is 5.73 Å². The molecule has 2 atom stereocenters. The van der Waals surface area contributed by atoms with Crippen molar-refractivity contribution in [2.24, 2.45) is 11.7 Å². The van der Waals surface area contributed by atoms with E-state index in [1.807, 2.05) is 0 Å². The Labute approximate surface area is 105 Å². The summed E-state index contributed by atoms with van der Waals surface area (Å²) in [6, 6.07) is 8.38. The highest BCUT2D eigenvalue weighted by Gasteiger charge is 2.18. The van der Waals surface area contributed by atoms with Crippen LogP contribution >= 0.6 is 0 Å². The van der Waals surface area contributed by atoms with Crippen molar-refractivity contribution in [1.82, 2.24) is 0 Å². The van der Waals surface area contributed by atoms with E-state index in [1.165, 1.54) is 5.56 Å². The van der Waals surface area contributed by atoms with Crippen molar-refractivity contribution in [2.75, 3.05) is 6.61 Å². The standard InChI is InChI=1S/C15H25NO/c1-5-11(10-17)14(16)12-6-8-13(9-7-12)15(2,3)4/h6-9,11,14,17H,5,10,16H2,1-4H3. The number of benzene rings is 1. The summed E-state index contributed by atoms with van der Waals surface area (Å²) >= 11 is 0. The molecule has 1 aromatic rings. The van der Waals surface area contributed by atoms with Crippen LogP contribution < -0.4 is 5.73 Å². The minimum Gasteiger partial charge on any atom is -0.396 e. The molecule has 0 fully saturated rings. The van der Waals surface area contributed by atoms with Crippen LogP contribution in [-0.4, -0.2) is 11.7 Å². The topological polar surface area (TPSA) is 46.2 Å². The quantitative estimate of drug-likeness (QED) is 0.842. The Hall–Kier alpha value is -0.860. The average Bonchev–Trinajstić information content (AvgIpc) is 2.29. The molecule has 0 aromatic heterocycles. The molecule has 2 unspecified atom stereocenters. The fraction of sp³-hybridized carbons (Fsp3) is 0.600. The molecule has 0 aliphatic rings. The van der Waals surface area contributed by atoms with Crippen LogP contribution in [0.25, 0.3) is 0 Å². The zero-order chi connectivity index (χ0) is 13.1. The minimum atomic E-state index is -0.0704. The largest absolute Gasteiger partial charge is 0.396 e. The number of aliphatic hydroxyl groups is 1. The molecule has 3 N–H and O–H groups in total. The van der Waals surface area contributed by atoms with Crippen LogP contribution in [0.2, 0.25) is 0 Å². The van der Waals surface area contributed by atoms with E-state index in [-0.39, 0.29) is 24.0 Å². The second kappa shape index (κ2) is 5.65. The van der Waals surface area contributed by atoms with Gasteiger partial charge in [0.25, 0.3) is 0 Å². The van der Waals surface area contributed by atoms with E-state index >= 15 is 0 Å². The van der Waals surface area contributed by atoms with Gasteiger partial charge in [-0.2, -0.15) is 0 Å². The van der Waals surface area contributed by atoms with E-state index in [0.29, 0.717) is 0 Å². The van der Waals surface area contributed by atoms with Crippen LogP contribution in [0.1, 0.15) is 51.3 Å². The summed E-state index contributed by atoms with van der Waals surface area (Å²) in [6.45, 7) is 8.81. The van der Waals surface area contributed by atoms with Gasteiger partial charge in [-0.15, -0.1) is 0 Å². The maximum atomic E-state index is 9.26.